The number of anilines is 1. The standard InChI is InChI=1S/C20H16ClN5O/c21-17-6-8-18(9-7-17)26-14-16(12-23-26)20(27)24-19-5-2-1-4-15(19)13-25-11-3-10-22-25/h1-12,14H,13H2,(H,24,27). The number of para-hydroxylation sites is 1. The minimum Gasteiger partial charge on any atom is -0.322 e. The van der Waals surface area contributed by atoms with E-state index in [9.17, 15) is 4.79 Å². The molecule has 6 nitrogen and oxygen atoms in total. The third kappa shape index (κ3) is 3.91. The molecule has 0 atom stereocenters. The summed E-state index contributed by atoms with van der Waals surface area (Å²) >= 11 is 5.91. The van der Waals surface area contributed by atoms with Crippen molar-refractivity contribution in [3.05, 3.63) is 95.5 Å². The number of carbonyl (C=O) groups excluding carboxylic acids is 1. The van der Waals surface area contributed by atoms with Crippen molar-refractivity contribution < 1.29 is 4.79 Å². The lowest BCUT2D eigenvalue weighted by Gasteiger charge is -2.10. The van der Waals surface area contributed by atoms with Gasteiger partial charge in [0.1, 0.15) is 0 Å². The maximum absolute atomic E-state index is 12.7. The molecule has 0 saturated heterocycles. The maximum atomic E-state index is 12.7. The molecule has 0 spiro atoms. The monoisotopic (exact) mass is 377 g/mol. The Morgan fingerprint density at radius 2 is 1.85 bits per heavy atom. The first-order valence-corrected chi connectivity index (χ1v) is 8.74. The van der Waals surface area contributed by atoms with Crippen molar-refractivity contribution in [3.8, 4) is 5.69 Å². The van der Waals surface area contributed by atoms with Crippen LogP contribution in [0.15, 0.2) is 79.4 Å². The van der Waals surface area contributed by atoms with Gasteiger partial charge in [0.25, 0.3) is 5.91 Å². The molecule has 0 aliphatic heterocycles. The van der Waals surface area contributed by atoms with Crippen molar-refractivity contribution >= 4 is 23.2 Å². The summed E-state index contributed by atoms with van der Waals surface area (Å²) in [6.45, 7) is 0.577. The molecule has 2 aromatic carbocycles. The van der Waals surface area contributed by atoms with E-state index in [-0.39, 0.29) is 5.91 Å². The molecule has 2 heterocycles. The number of nitrogens with one attached hydrogen (secondary N) is 1. The average molecular weight is 378 g/mol. The highest BCUT2D eigenvalue weighted by atomic mass is 35.5. The molecule has 2 aromatic heterocycles. The fraction of sp³-hybridized carbons (Fsp3) is 0.0500. The molecule has 0 saturated carbocycles. The second-order valence-electron chi connectivity index (χ2n) is 5.96. The third-order valence-corrected chi connectivity index (χ3v) is 4.35. The van der Waals surface area contributed by atoms with Crippen molar-refractivity contribution in [2.45, 2.75) is 6.54 Å². The number of aromatic nitrogens is 4. The van der Waals surface area contributed by atoms with Gasteiger partial charge in [-0.15, -0.1) is 0 Å². The van der Waals surface area contributed by atoms with Crippen LogP contribution >= 0.6 is 11.6 Å². The van der Waals surface area contributed by atoms with E-state index in [2.05, 4.69) is 15.5 Å². The smallest absolute Gasteiger partial charge is 0.258 e. The second-order valence-corrected chi connectivity index (χ2v) is 6.40. The highest BCUT2D eigenvalue weighted by Crippen LogP contribution is 2.18. The summed E-state index contributed by atoms with van der Waals surface area (Å²) in [6.07, 6.45) is 6.84. The first-order chi connectivity index (χ1) is 13.2. The summed E-state index contributed by atoms with van der Waals surface area (Å²) in [6, 6.07) is 16.8. The molecule has 0 aliphatic rings. The quantitative estimate of drug-likeness (QED) is 0.571. The molecule has 7 heteroatoms. The highest BCUT2D eigenvalue weighted by molar-refractivity contribution is 6.30. The van der Waals surface area contributed by atoms with Crippen LogP contribution in [0.4, 0.5) is 5.69 Å². The number of nitrogens with zero attached hydrogens (tertiary/aromatic N) is 4. The Kier molecular flexibility index (Phi) is 4.72. The lowest BCUT2D eigenvalue weighted by molar-refractivity contribution is 0.102. The predicted octanol–water partition coefficient (Wildman–Crippen LogP) is 4.02. The van der Waals surface area contributed by atoms with Crippen LogP contribution in [0.5, 0.6) is 0 Å². The Balaban J connectivity index is 1.52. The maximum Gasteiger partial charge on any atom is 0.258 e. The summed E-state index contributed by atoms with van der Waals surface area (Å²) in [5.41, 5.74) is 3.02. The first kappa shape index (κ1) is 17.1. The van der Waals surface area contributed by atoms with E-state index in [1.807, 2.05) is 53.3 Å². The van der Waals surface area contributed by atoms with Crippen molar-refractivity contribution in [1.29, 1.82) is 0 Å². The third-order valence-electron chi connectivity index (χ3n) is 4.09. The van der Waals surface area contributed by atoms with Crippen LogP contribution in [-0.2, 0) is 6.54 Å². The number of benzene rings is 2. The van der Waals surface area contributed by atoms with E-state index in [1.165, 1.54) is 0 Å². The van der Waals surface area contributed by atoms with Crippen molar-refractivity contribution in [2.24, 2.45) is 0 Å². The van der Waals surface area contributed by atoms with Crippen LogP contribution in [0.2, 0.25) is 5.02 Å². The zero-order chi connectivity index (χ0) is 18.6. The van der Waals surface area contributed by atoms with E-state index < -0.39 is 0 Å². The van der Waals surface area contributed by atoms with E-state index in [1.54, 1.807) is 35.4 Å². The molecule has 1 amide bonds. The zero-order valence-electron chi connectivity index (χ0n) is 14.3. The number of carbonyl (C=O) groups is 1. The summed E-state index contributed by atoms with van der Waals surface area (Å²) < 4.78 is 3.45. The van der Waals surface area contributed by atoms with Crippen LogP contribution in [0.25, 0.3) is 5.69 Å². The van der Waals surface area contributed by atoms with Crippen LogP contribution in [0.1, 0.15) is 15.9 Å². The molecule has 0 bridgehead atoms. The van der Waals surface area contributed by atoms with Gasteiger partial charge in [0.2, 0.25) is 0 Å². The molecule has 0 unspecified atom stereocenters. The molecule has 4 rings (SSSR count). The second kappa shape index (κ2) is 7.47. The van der Waals surface area contributed by atoms with E-state index in [4.69, 9.17) is 11.6 Å². The summed E-state index contributed by atoms with van der Waals surface area (Å²) in [7, 11) is 0. The zero-order valence-corrected chi connectivity index (χ0v) is 15.0. The molecule has 4 aromatic rings. The summed E-state index contributed by atoms with van der Waals surface area (Å²) in [5, 5.41) is 12.1. The van der Waals surface area contributed by atoms with Crippen LogP contribution in [0, 0.1) is 0 Å². The van der Waals surface area contributed by atoms with Gasteiger partial charge in [-0.2, -0.15) is 10.2 Å². The molecule has 0 radical (unpaired) electrons. The number of halogens is 1. The van der Waals surface area contributed by atoms with Crippen LogP contribution in [-0.4, -0.2) is 25.5 Å². The molecule has 27 heavy (non-hydrogen) atoms. The number of hydrogen-bond acceptors (Lipinski definition) is 3. The highest BCUT2D eigenvalue weighted by Gasteiger charge is 2.12. The predicted molar refractivity (Wildman–Crippen MR) is 104 cm³/mol. The Morgan fingerprint density at radius 3 is 2.63 bits per heavy atom. The molecule has 0 aliphatic carbocycles. The lowest BCUT2D eigenvalue weighted by atomic mass is 10.1. The van der Waals surface area contributed by atoms with Crippen molar-refractivity contribution in [2.75, 3.05) is 5.32 Å². The van der Waals surface area contributed by atoms with E-state index in [0.717, 1.165) is 16.9 Å². The number of rotatable bonds is 5. The van der Waals surface area contributed by atoms with Gasteiger partial charge in [-0.3, -0.25) is 9.48 Å². The molecule has 134 valence electrons. The normalized spacial score (nSPS) is 10.7. The van der Waals surface area contributed by atoms with Gasteiger partial charge in [0.15, 0.2) is 0 Å². The minimum absolute atomic E-state index is 0.219. The van der Waals surface area contributed by atoms with Gasteiger partial charge < -0.3 is 5.32 Å². The minimum atomic E-state index is -0.219. The van der Waals surface area contributed by atoms with Crippen LogP contribution < -0.4 is 5.32 Å². The SMILES string of the molecule is O=C(Nc1ccccc1Cn1cccn1)c1cnn(-c2ccc(Cl)cc2)c1. The van der Waals surface area contributed by atoms with E-state index >= 15 is 0 Å². The van der Waals surface area contributed by atoms with E-state index in [0.29, 0.717) is 17.1 Å². The molecule has 0 fully saturated rings. The molecule has 1 N–H and O–H groups in total. The largest absolute Gasteiger partial charge is 0.322 e. The lowest BCUT2D eigenvalue weighted by Crippen LogP contribution is -2.13. The Hall–Kier alpha value is -3.38. The van der Waals surface area contributed by atoms with Gasteiger partial charge >= 0.3 is 0 Å². The topological polar surface area (TPSA) is 64.7 Å². The Bertz CT molecular complexity index is 1050. The van der Waals surface area contributed by atoms with Crippen molar-refractivity contribution in [1.82, 2.24) is 19.6 Å². The summed E-state index contributed by atoms with van der Waals surface area (Å²) in [4.78, 5) is 12.7. The van der Waals surface area contributed by atoms with Gasteiger partial charge in [0.05, 0.1) is 24.0 Å². The molecular weight excluding hydrogens is 362 g/mol. The Morgan fingerprint density at radius 1 is 1.04 bits per heavy atom. The van der Waals surface area contributed by atoms with Crippen LogP contribution in [0.3, 0.4) is 0 Å². The number of hydrogen-bond donors (Lipinski definition) is 1. The fourth-order valence-electron chi connectivity index (χ4n) is 2.72. The number of amides is 1. The Labute approximate surface area is 161 Å². The van der Waals surface area contributed by atoms with Crippen molar-refractivity contribution in [3.63, 3.8) is 0 Å². The first-order valence-electron chi connectivity index (χ1n) is 8.36. The average Bonchev–Trinajstić information content (AvgIpc) is 3.36. The van der Waals surface area contributed by atoms with Gasteiger partial charge in [0, 0.05) is 29.3 Å². The van der Waals surface area contributed by atoms with Gasteiger partial charge in [-0.25, -0.2) is 4.68 Å². The fourth-order valence-corrected chi connectivity index (χ4v) is 2.84. The van der Waals surface area contributed by atoms with Gasteiger partial charge in [-0.1, -0.05) is 29.8 Å². The summed E-state index contributed by atoms with van der Waals surface area (Å²) in [5.74, 6) is -0.219. The van der Waals surface area contributed by atoms with Gasteiger partial charge in [-0.05, 0) is 42.0 Å². The molecular formula is C20H16ClN5O.